The first-order valence-corrected chi connectivity index (χ1v) is 8.04. The van der Waals surface area contributed by atoms with Crippen molar-refractivity contribution in [1.82, 2.24) is 10.6 Å². The van der Waals surface area contributed by atoms with E-state index in [2.05, 4.69) is 16.7 Å². The van der Waals surface area contributed by atoms with Gasteiger partial charge in [-0.25, -0.2) is 0 Å². The summed E-state index contributed by atoms with van der Waals surface area (Å²) in [6.45, 7) is 1.75. The molecule has 1 saturated heterocycles. The first kappa shape index (κ1) is 13.3. The third-order valence-electron chi connectivity index (χ3n) is 3.76. The molecule has 0 spiro atoms. The molecule has 3 rings (SSSR count). The van der Waals surface area contributed by atoms with E-state index in [1.165, 1.54) is 10.5 Å². The Morgan fingerprint density at radius 1 is 1.42 bits per heavy atom. The van der Waals surface area contributed by atoms with E-state index < -0.39 is 0 Å². The molecular formula is C14H17ClN2OS. The molecular weight excluding hydrogens is 280 g/mol. The van der Waals surface area contributed by atoms with Crippen LogP contribution >= 0.6 is 23.4 Å². The lowest BCUT2D eigenvalue weighted by Crippen LogP contribution is -2.36. The molecule has 19 heavy (non-hydrogen) atoms. The number of amides is 1. The first-order chi connectivity index (χ1) is 9.24. The third-order valence-corrected chi connectivity index (χ3v) is 5.12. The van der Waals surface area contributed by atoms with Crippen LogP contribution in [0.3, 0.4) is 0 Å². The second-order valence-electron chi connectivity index (χ2n) is 5.07. The highest BCUT2D eigenvalue weighted by atomic mass is 35.5. The fourth-order valence-electron chi connectivity index (χ4n) is 2.68. The number of carbonyl (C=O) groups is 1. The van der Waals surface area contributed by atoms with Gasteiger partial charge in [0.1, 0.15) is 0 Å². The van der Waals surface area contributed by atoms with Gasteiger partial charge in [-0.1, -0.05) is 11.6 Å². The molecule has 2 heterocycles. The van der Waals surface area contributed by atoms with Crippen LogP contribution in [0.25, 0.3) is 0 Å². The molecule has 0 radical (unpaired) electrons. The third kappa shape index (κ3) is 2.91. The standard InChI is InChI=1S/C14H17ClN2OS/c15-10-1-2-13-11(7-10)12(4-6-19-13)17-14(18)9-3-5-16-8-9/h1-2,7,9,12,16H,3-6,8H2,(H,17,18). The largest absolute Gasteiger partial charge is 0.349 e. The average molecular weight is 297 g/mol. The second kappa shape index (κ2) is 5.73. The summed E-state index contributed by atoms with van der Waals surface area (Å²) in [7, 11) is 0. The second-order valence-corrected chi connectivity index (χ2v) is 6.64. The van der Waals surface area contributed by atoms with Crippen molar-refractivity contribution in [3.63, 3.8) is 0 Å². The molecule has 1 aromatic carbocycles. The van der Waals surface area contributed by atoms with Crippen LogP contribution in [-0.2, 0) is 4.79 Å². The Bertz CT molecular complexity index is 488. The molecule has 2 N–H and O–H groups in total. The average Bonchev–Trinajstić information content (AvgIpc) is 2.93. The van der Waals surface area contributed by atoms with Gasteiger partial charge in [0, 0.05) is 22.2 Å². The van der Waals surface area contributed by atoms with Gasteiger partial charge in [-0.3, -0.25) is 4.79 Å². The summed E-state index contributed by atoms with van der Waals surface area (Å²) in [5, 5.41) is 7.16. The van der Waals surface area contributed by atoms with Gasteiger partial charge in [-0.05, 0) is 43.1 Å². The Labute approximate surface area is 122 Å². The van der Waals surface area contributed by atoms with Crippen molar-refractivity contribution in [1.29, 1.82) is 0 Å². The minimum absolute atomic E-state index is 0.114. The Balaban J connectivity index is 1.75. The van der Waals surface area contributed by atoms with Crippen LogP contribution in [0.15, 0.2) is 23.1 Å². The highest BCUT2D eigenvalue weighted by Crippen LogP contribution is 2.37. The van der Waals surface area contributed by atoms with Gasteiger partial charge >= 0.3 is 0 Å². The van der Waals surface area contributed by atoms with E-state index in [1.807, 2.05) is 23.9 Å². The van der Waals surface area contributed by atoms with Crippen molar-refractivity contribution in [3.05, 3.63) is 28.8 Å². The van der Waals surface area contributed by atoms with Gasteiger partial charge in [0.05, 0.1) is 12.0 Å². The number of fused-ring (bicyclic) bond motifs is 1. The zero-order valence-electron chi connectivity index (χ0n) is 10.6. The maximum absolute atomic E-state index is 12.2. The molecule has 2 atom stereocenters. The maximum Gasteiger partial charge on any atom is 0.224 e. The van der Waals surface area contributed by atoms with Gasteiger partial charge in [-0.2, -0.15) is 0 Å². The summed E-state index contributed by atoms with van der Waals surface area (Å²) in [4.78, 5) is 13.5. The summed E-state index contributed by atoms with van der Waals surface area (Å²) in [6, 6.07) is 6.07. The topological polar surface area (TPSA) is 41.1 Å². The Hall–Kier alpha value is -0.710. The van der Waals surface area contributed by atoms with Crippen molar-refractivity contribution in [3.8, 4) is 0 Å². The molecule has 5 heteroatoms. The maximum atomic E-state index is 12.2. The molecule has 102 valence electrons. The highest BCUT2D eigenvalue weighted by molar-refractivity contribution is 7.99. The van der Waals surface area contributed by atoms with Gasteiger partial charge in [0.15, 0.2) is 0 Å². The Morgan fingerprint density at radius 2 is 2.32 bits per heavy atom. The van der Waals surface area contributed by atoms with E-state index in [4.69, 9.17) is 11.6 Å². The quantitative estimate of drug-likeness (QED) is 0.881. The summed E-state index contributed by atoms with van der Waals surface area (Å²) in [6.07, 6.45) is 1.92. The number of benzene rings is 1. The van der Waals surface area contributed by atoms with Crippen LogP contribution in [0, 0.1) is 5.92 Å². The van der Waals surface area contributed by atoms with Crippen LogP contribution in [0.4, 0.5) is 0 Å². The van der Waals surface area contributed by atoms with Crippen LogP contribution in [0.1, 0.15) is 24.4 Å². The predicted octanol–water partition coefficient (Wildman–Crippen LogP) is 2.60. The molecule has 1 fully saturated rings. The van der Waals surface area contributed by atoms with Crippen LogP contribution < -0.4 is 10.6 Å². The molecule has 0 bridgehead atoms. The lowest BCUT2D eigenvalue weighted by molar-refractivity contribution is -0.125. The number of halogens is 1. The Kier molecular flexibility index (Phi) is 4.01. The van der Waals surface area contributed by atoms with Crippen LogP contribution in [0.5, 0.6) is 0 Å². The molecule has 0 aromatic heterocycles. The SMILES string of the molecule is O=C(NC1CCSc2ccc(Cl)cc21)C1CCNC1. The minimum Gasteiger partial charge on any atom is -0.349 e. The van der Waals surface area contributed by atoms with Gasteiger partial charge in [0.2, 0.25) is 5.91 Å². The molecule has 1 amide bonds. The fraction of sp³-hybridized carbons (Fsp3) is 0.500. The van der Waals surface area contributed by atoms with Gasteiger partial charge in [-0.15, -0.1) is 11.8 Å². The minimum atomic E-state index is 0.114. The monoisotopic (exact) mass is 296 g/mol. The van der Waals surface area contributed by atoms with Crippen molar-refractivity contribution in [2.45, 2.75) is 23.8 Å². The van der Waals surface area contributed by atoms with Crippen LogP contribution in [-0.4, -0.2) is 24.7 Å². The highest BCUT2D eigenvalue weighted by Gasteiger charge is 2.27. The Morgan fingerprint density at radius 3 is 3.11 bits per heavy atom. The van der Waals surface area contributed by atoms with Gasteiger partial charge < -0.3 is 10.6 Å². The lowest BCUT2D eigenvalue weighted by atomic mass is 10.0. The number of carbonyl (C=O) groups excluding carboxylic acids is 1. The van der Waals surface area contributed by atoms with E-state index in [1.54, 1.807) is 0 Å². The number of hydrogen-bond acceptors (Lipinski definition) is 3. The molecule has 0 aliphatic carbocycles. The summed E-state index contributed by atoms with van der Waals surface area (Å²) >= 11 is 7.91. The molecule has 1 aromatic rings. The zero-order valence-corrected chi connectivity index (χ0v) is 12.2. The van der Waals surface area contributed by atoms with Crippen molar-refractivity contribution in [2.24, 2.45) is 5.92 Å². The number of thioether (sulfide) groups is 1. The van der Waals surface area contributed by atoms with Crippen molar-refractivity contribution >= 4 is 29.3 Å². The summed E-state index contributed by atoms with van der Waals surface area (Å²) in [5.41, 5.74) is 1.17. The smallest absolute Gasteiger partial charge is 0.224 e. The van der Waals surface area contributed by atoms with E-state index >= 15 is 0 Å². The van der Waals surface area contributed by atoms with Crippen LogP contribution in [0.2, 0.25) is 5.02 Å². The van der Waals surface area contributed by atoms with E-state index in [9.17, 15) is 4.79 Å². The van der Waals surface area contributed by atoms with E-state index in [0.29, 0.717) is 0 Å². The zero-order chi connectivity index (χ0) is 13.2. The molecule has 3 nitrogen and oxygen atoms in total. The molecule has 0 saturated carbocycles. The number of rotatable bonds is 2. The van der Waals surface area contributed by atoms with Gasteiger partial charge in [0.25, 0.3) is 0 Å². The molecule has 2 unspecified atom stereocenters. The first-order valence-electron chi connectivity index (χ1n) is 6.67. The van der Waals surface area contributed by atoms with E-state index in [-0.39, 0.29) is 17.9 Å². The number of nitrogens with one attached hydrogen (secondary N) is 2. The van der Waals surface area contributed by atoms with Crippen molar-refractivity contribution in [2.75, 3.05) is 18.8 Å². The van der Waals surface area contributed by atoms with Crippen molar-refractivity contribution < 1.29 is 4.79 Å². The summed E-state index contributed by atoms with van der Waals surface area (Å²) < 4.78 is 0. The summed E-state index contributed by atoms with van der Waals surface area (Å²) in [5.74, 6) is 1.34. The normalized spacial score (nSPS) is 25.9. The predicted molar refractivity (Wildman–Crippen MR) is 78.7 cm³/mol. The number of hydrogen-bond donors (Lipinski definition) is 2. The van der Waals surface area contributed by atoms with E-state index in [0.717, 1.165) is 36.7 Å². The fourth-order valence-corrected chi connectivity index (χ4v) is 3.97. The lowest BCUT2D eigenvalue weighted by Gasteiger charge is -2.27. The molecule has 2 aliphatic rings. The molecule has 2 aliphatic heterocycles.